The van der Waals surface area contributed by atoms with Gasteiger partial charge in [-0.2, -0.15) is 0 Å². The number of aromatic nitrogens is 6. The summed E-state index contributed by atoms with van der Waals surface area (Å²) in [5, 5.41) is 0. The second-order valence-corrected chi connectivity index (χ2v) is 14.3. The highest BCUT2D eigenvalue weighted by Gasteiger charge is 2.33. The van der Waals surface area contributed by atoms with E-state index in [-0.39, 0.29) is 5.41 Å². The first-order chi connectivity index (χ1) is 25.5. The molecule has 6 aromatic carbocycles. The molecule has 8 aromatic rings. The van der Waals surface area contributed by atoms with E-state index in [9.17, 15) is 0 Å². The molecule has 3 heterocycles. The highest BCUT2D eigenvalue weighted by molar-refractivity contribution is 7.99. The van der Waals surface area contributed by atoms with Gasteiger partial charge in [-0.25, -0.2) is 29.9 Å². The molecule has 52 heavy (non-hydrogen) atoms. The van der Waals surface area contributed by atoms with Crippen LogP contribution in [-0.4, -0.2) is 29.9 Å². The normalized spacial score (nSPS) is 12.9. The van der Waals surface area contributed by atoms with Crippen LogP contribution in [0, 0.1) is 0 Å². The Morgan fingerprint density at radius 1 is 0.327 bits per heavy atom. The Morgan fingerprint density at radius 3 is 1.17 bits per heavy atom. The van der Waals surface area contributed by atoms with Crippen LogP contribution in [0.4, 0.5) is 0 Å². The topological polar surface area (TPSA) is 77.3 Å². The lowest BCUT2D eigenvalue weighted by Gasteiger charge is -2.34. The number of hydrogen-bond donors (Lipinski definition) is 0. The maximum atomic E-state index is 5.11. The van der Waals surface area contributed by atoms with E-state index in [0.717, 1.165) is 33.4 Å². The molecular weight excluding hydrogens is 657 g/mol. The SMILES string of the molecule is CC1(C)c2ccccc2Sc2cc(-c3nc(-c4ccccc4)nc(-c4cccc(-c5nc(-c6ccccc6)nc(-c6ccccc6)n5)c4)n3)ccc21. The van der Waals surface area contributed by atoms with Crippen molar-refractivity contribution in [2.24, 2.45) is 0 Å². The molecule has 0 atom stereocenters. The lowest BCUT2D eigenvalue weighted by Crippen LogP contribution is -2.23. The molecule has 0 radical (unpaired) electrons. The van der Waals surface area contributed by atoms with Crippen LogP contribution in [0.25, 0.3) is 68.3 Å². The predicted molar refractivity (Wildman–Crippen MR) is 209 cm³/mol. The molecule has 7 heteroatoms. The van der Waals surface area contributed by atoms with Crippen LogP contribution < -0.4 is 0 Å². The van der Waals surface area contributed by atoms with Crippen molar-refractivity contribution in [1.82, 2.24) is 29.9 Å². The molecule has 0 aliphatic carbocycles. The average Bonchev–Trinajstić information content (AvgIpc) is 3.21. The summed E-state index contributed by atoms with van der Waals surface area (Å²) >= 11 is 1.80. The van der Waals surface area contributed by atoms with E-state index in [1.165, 1.54) is 20.9 Å². The van der Waals surface area contributed by atoms with Gasteiger partial charge in [0.15, 0.2) is 34.9 Å². The molecule has 6 nitrogen and oxygen atoms in total. The van der Waals surface area contributed by atoms with E-state index in [2.05, 4.69) is 62.4 Å². The molecule has 0 bridgehead atoms. The van der Waals surface area contributed by atoms with Crippen LogP contribution in [0.3, 0.4) is 0 Å². The summed E-state index contributed by atoms with van der Waals surface area (Å²) in [5.41, 5.74) is 7.90. The molecule has 0 amide bonds. The summed E-state index contributed by atoms with van der Waals surface area (Å²) in [4.78, 5) is 32.4. The monoisotopic (exact) mass is 688 g/mol. The largest absolute Gasteiger partial charge is 0.208 e. The van der Waals surface area contributed by atoms with Crippen molar-refractivity contribution in [3.8, 4) is 68.3 Å². The van der Waals surface area contributed by atoms with Gasteiger partial charge >= 0.3 is 0 Å². The minimum absolute atomic E-state index is 0.120. The van der Waals surface area contributed by atoms with Crippen LogP contribution in [0.15, 0.2) is 168 Å². The number of benzene rings is 6. The van der Waals surface area contributed by atoms with Crippen LogP contribution in [-0.2, 0) is 5.41 Å². The summed E-state index contributed by atoms with van der Waals surface area (Å²) in [6, 6.07) is 53.4. The molecule has 9 rings (SSSR count). The lowest BCUT2D eigenvalue weighted by atomic mass is 9.77. The number of fused-ring (bicyclic) bond motifs is 2. The third kappa shape index (κ3) is 5.95. The first-order valence-electron chi connectivity index (χ1n) is 17.2. The van der Waals surface area contributed by atoms with Gasteiger partial charge in [-0.15, -0.1) is 0 Å². The van der Waals surface area contributed by atoms with E-state index in [1.807, 2.05) is 109 Å². The van der Waals surface area contributed by atoms with Crippen LogP contribution >= 0.6 is 11.8 Å². The Kier molecular flexibility index (Phi) is 7.98. The van der Waals surface area contributed by atoms with Crippen molar-refractivity contribution in [3.05, 3.63) is 169 Å². The van der Waals surface area contributed by atoms with Gasteiger partial charge < -0.3 is 0 Å². The van der Waals surface area contributed by atoms with Gasteiger partial charge in [0.2, 0.25) is 0 Å². The minimum Gasteiger partial charge on any atom is -0.208 e. The standard InChI is InChI=1S/C45H32N6S/c1-45(2)35-23-12-13-24-37(35)52-38-28-34(25-26-36(38)45)44-50-41(31-19-10-5-11-20-31)49-43(51-44)33-22-14-21-32(27-33)42-47-39(29-15-6-3-7-16-29)46-40(48-42)30-17-8-4-9-18-30/h3-28H,1-2H3. The number of nitrogens with zero attached hydrogens (tertiary/aromatic N) is 6. The Hall–Kier alpha value is -6.31. The van der Waals surface area contributed by atoms with Gasteiger partial charge in [0.25, 0.3) is 0 Å². The molecule has 0 unspecified atom stereocenters. The van der Waals surface area contributed by atoms with E-state index < -0.39 is 0 Å². The third-order valence-corrected chi connectivity index (χ3v) is 10.6. The maximum Gasteiger partial charge on any atom is 0.164 e. The summed E-state index contributed by atoms with van der Waals surface area (Å²) in [7, 11) is 0. The Morgan fingerprint density at radius 2 is 0.692 bits per heavy atom. The van der Waals surface area contributed by atoms with Crippen molar-refractivity contribution >= 4 is 11.8 Å². The van der Waals surface area contributed by atoms with E-state index in [0.29, 0.717) is 34.9 Å². The molecule has 0 spiro atoms. The number of hydrogen-bond acceptors (Lipinski definition) is 7. The molecule has 1 aliphatic heterocycles. The summed E-state index contributed by atoms with van der Waals surface area (Å²) in [6.07, 6.45) is 0. The summed E-state index contributed by atoms with van der Waals surface area (Å²) < 4.78 is 0. The van der Waals surface area contributed by atoms with Crippen molar-refractivity contribution in [3.63, 3.8) is 0 Å². The zero-order chi connectivity index (χ0) is 35.1. The average molecular weight is 689 g/mol. The van der Waals surface area contributed by atoms with Crippen molar-refractivity contribution in [1.29, 1.82) is 0 Å². The molecule has 1 aliphatic rings. The smallest absolute Gasteiger partial charge is 0.164 e. The van der Waals surface area contributed by atoms with Crippen LogP contribution in [0.5, 0.6) is 0 Å². The maximum absolute atomic E-state index is 5.11. The zero-order valence-corrected chi connectivity index (χ0v) is 29.4. The van der Waals surface area contributed by atoms with Crippen LogP contribution in [0.2, 0.25) is 0 Å². The third-order valence-electron chi connectivity index (χ3n) is 9.44. The van der Waals surface area contributed by atoms with Gasteiger partial charge in [-0.05, 0) is 29.3 Å². The fraction of sp³-hybridized carbons (Fsp3) is 0.0667. The molecule has 0 N–H and O–H groups in total. The van der Waals surface area contributed by atoms with Gasteiger partial charge in [-0.3, -0.25) is 0 Å². The zero-order valence-electron chi connectivity index (χ0n) is 28.6. The van der Waals surface area contributed by atoms with E-state index >= 15 is 0 Å². The fourth-order valence-corrected chi connectivity index (χ4v) is 8.12. The van der Waals surface area contributed by atoms with Crippen molar-refractivity contribution in [2.75, 3.05) is 0 Å². The predicted octanol–water partition coefficient (Wildman–Crippen LogP) is 10.8. The second-order valence-electron chi connectivity index (χ2n) is 13.2. The number of rotatable bonds is 6. The van der Waals surface area contributed by atoms with Gasteiger partial charge in [0, 0.05) is 48.6 Å². The highest BCUT2D eigenvalue weighted by Crippen LogP contribution is 2.49. The van der Waals surface area contributed by atoms with E-state index in [1.54, 1.807) is 11.8 Å². The molecule has 2 aromatic heterocycles. The summed E-state index contributed by atoms with van der Waals surface area (Å²) in [6.45, 7) is 4.59. The lowest BCUT2D eigenvalue weighted by molar-refractivity contribution is 0.607. The first-order valence-corrected chi connectivity index (χ1v) is 18.0. The van der Waals surface area contributed by atoms with Gasteiger partial charge in [0.1, 0.15) is 0 Å². The fourth-order valence-electron chi connectivity index (χ4n) is 6.68. The summed E-state index contributed by atoms with van der Waals surface area (Å²) in [5.74, 6) is 3.59. The van der Waals surface area contributed by atoms with Crippen molar-refractivity contribution in [2.45, 2.75) is 29.1 Å². The highest BCUT2D eigenvalue weighted by atomic mass is 32.2. The Bertz CT molecular complexity index is 2520. The van der Waals surface area contributed by atoms with Gasteiger partial charge in [-0.1, -0.05) is 165 Å². The second kappa shape index (κ2) is 13.1. The van der Waals surface area contributed by atoms with Crippen LogP contribution in [0.1, 0.15) is 25.0 Å². The molecule has 248 valence electrons. The molecule has 0 saturated heterocycles. The molecule has 0 saturated carbocycles. The Balaban J connectivity index is 1.17. The van der Waals surface area contributed by atoms with Crippen molar-refractivity contribution < 1.29 is 0 Å². The van der Waals surface area contributed by atoms with E-state index in [4.69, 9.17) is 29.9 Å². The minimum atomic E-state index is -0.120. The first kappa shape index (κ1) is 31.7. The van der Waals surface area contributed by atoms with Gasteiger partial charge in [0.05, 0.1) is 0 Å². The molecule has 0 fully saturated rings. The molecular formula is C45H32N6S. The quantitative estimate of drug-likeness (QED) is 0.172. The Labute approximate surface area is 306 Å².